The van der Waals surface area contributed by atoms with Gasteiger partial charge in [0.15, 0.2) is 0 Å². The fraction of sp³-hybridized carbons (Fsp3) is 0.235. The van der Waals surface area contributed by atoms with E-state index in [1.807, 2.05) is 19.9 Å². The van der Waals surface area contributed by atoms with Gasteiger partial charge in [-0.2, -0.15) is 0 Å². The molecule has 0 bridgehead atoms. The highest BCUT2D eigenvalue weighted by Crippen LogP contribution is 2.19. The summed E-state index contributed by atoms with van der Waals surface area (Å²) in [6.45, 7) is 5.23. The molecule has 2 aromatic heterocycles. The summed E-state index contributed by atoms with van der Waals surface area (Å²) < 4.78 is 14.9. The fourth-order valence-corrected chi connectivity index (χ4v) is 3.59. The molecule has 0 aliphatic heterocycles. The number of hydrogen-bond donors (Lipinski definition) is 1. The van der Waals surface area contributed by atoms with Crippen molar-refractivity contribution in [3.63, 3.8) is 0 Å². The second kappa shape index (κ2) is 6.16. The molecule has 24 heavy (non-hydrogen) atoms. The third-order valence-corrected chi connectivity index (χ3v) is 4.68. The van der Waals surface area contributed by atoms with Gasteiger partial charge in [-0.15, -0.1) is 0 Å². The number of halogens is 1. The summed E-state index contributed by atoms with van der Waals surface area (Å²) in [4.78, 5) is 29.6. The van der Waals surface area contributed by atoms with E-state index in [1.165, 1.54) is 10.0 Å². The molecule has 0 radical (unpaired) electrons. The number of carbonyl (C=O) groups is 1. The van der Waals surface area contributed by atoms with Gasteiger partial charge in [0, 0.05) is 11.4 Å². The molecule has 0 spiro atoms. The van der Waals surface area contributed by atoms with E-state index < -0.39 is 0 Å². The number of anilines is 1. The molecule has 0 saturated carbocycles. The Kier molecular flexibility index (Phi) is 4.19. The summed E-state index contributed by atoms with van der Waals surface area (Å²) in [7, 11) is 0. The molecule has 3 rings (SSSR count). The van der Waals surface area contributed by atoms with Gasteiger partial charge in [-0.05, 0) is 61.6 Å². The maximum Gasteiger partial charge on any atom is 0.270 e. The quantitative estimate of drug-likeness (QED) is 0.793. The van der Waals surface area contributed by atoms with Crippen molar-refractivity contribution in [2.24, 2.45) is 0 Å². The number of benzene rings is 1. The first-order valence-electron chi connectivity index (χ1n) is 7.39. The van der Waals surface area contributed by atoms with Crippen molar-refractivity contribution in [3.05, 3.63) is 57.3 Å². The van der Waals surface area contributed by atoms with Gasteiger partial charge in [0.25, 0.3) is 5.56 Å². The summed E-state index contributed by atoms with van der Waals surface area (Å²) in [5.41, 5.74) is 2.31. The Morgan fingerprint density at radius 1 is 1.25 bits per heavy atom. The number of nitrogens with one attached hydrogen (secondary N) is 1. The number of rotatable bonds is 3. The average molecular weight is 345 g/mol. The zero-order chi connectivity index (χ0) is 17.4. The van der Waals surface area contributed by atoms with Crippen LogP contribution in [0.15, 0.2) is 29.1 Å². The summed E-state index contributed by atoms with van der Waals surface area (Å²) >= 11 is 1.15. The first-order valence-corrected chi connectivity index (χ1v) is 8.16. The molecule has 7 heteroatoms. The molecular weight excluding hydrogens is 329 g/mol. The summed E-state index contributed by atoms with van der Waals surface area (Å²) in [6.07, 6.45) is 0. The lowest BCUT2D eigenvalue weighted by Gasteiger charge is -2.06. The molecule has 1 N–H and O–H groups in total. The molecule has 0 aliphatic carbocycles. The second-order valence-corrected chi connectivity index (χ2v) is 6.72. The van der Waals surface area contributed by atoms with E-state index in [-0.39, 0.29) is 23.8 Å². The number of fused-ring (bicyclic) bond motifs is 1. The number of aryl methyl sites for hydroxylation is 3. The van der Waals surface area contributed by atoms with E-state index in [1.54, 1.807) is 19.1 Å². The Labute approximate surface area is 141 Å². The number of amides is 1. The molecule has 0 saturated heterocycles. The highest BCUT2D eigenvalue weighted by Gasteiger charge is 2.14. The van der Waals surface area contributed by atoms with Crippen LogP contribution >= 0.6 is 11.5 Å². The van der Waals surface area contributed by atoms with E-state index in [4.69, 9.17) is 0 Å². The van der Waals surface area contributed by atoms with Crippen molar-refractivity contribution in [2.45, 2.75) is 27.3 Å². The molecule has 1 amide bonds. The molecule has 1 aromatic carbocycles. The number of pyridine rings is 1. The van der Waals surface area contributed by atoms with Crippen molar-refractivity contribution in [1.82, 2.24) is 8.94 Å². The highest BCUT2D eigenvalue weighted by molar-refractivity contribution is 7.13. The van der Waals surface area contributed by atoms with Gasteiger partial charge in [-0.1, -0.05) is 6.07 Å². The van der Waals surface area contributed by atoms with E-state index in [0.717, 1.165) is 22.8 Å². The third-order valence-electron chi connectivity index (χ3n) is 3.69. The minimum atomic E-state index is -0.388. The van der Waals surface area contributed by atoms with Gasteiger partial charge in [0.2, 0.25) is 5.91 Å². The van der Waals surface area contributed by atoms with Gasteiger partial charge in [-0.25, -0.2) is 9.37 Å². The Balaban J connectivity index is 1.85. The molecule has 3 aromatic rings. The number of carbonyl (C=O) groups excluding carboxylic acids is 1. The van der Waals surface area contributed by atoms with Crippen LogP contribution in [0.3, 0.4) is 0 Å². The van der Waals surface area contributed by atoms with E-state index >= 15 is 0 Å². The molecule has 2 heterocycles. The largest absolute Gasteiger partial charge is 0.324 e. The monoisotopic (exact) mass is 345 g/mol. The Bertz CT molecular complexity index is 1010. The van der Waals surface area contributed by atoms with Crippen LogP contribution in [0.1, 0.15) is 16.8 Å². The molecule has 0 unspecified atom stereocenters. The van der Waals surface area contributed by atoms with E-state index in [9.17, 15) is 14.0 Å². The van der Waals surface area contributed by atoms with Crippen molar-refractivity contribution in [3.8, 4) is 0 Å². The Morgan fingerprint density at radius 3 is 2.71 bits per heavy atom. The summed E-state index contributed by atoms with van der Waals surface area (Å²) in [6, 6.07) is 6.32. The molecule has 5 nitrogen and oxygen atoms in total. The van der Waals surface area contributed by atoms with Crippen LogP contribution in [-0.4, -0.2) is 14.8 Å². The summed E-state index contributed by atoms with van der Waals surface area (Å²) in [5, 5.41) is 3.15. The lowest BCUT2D eigenvalue weighted by atomic mass is 10.2. The highest BCUT2D eigenvalue weighted by atomic mass is 32.1. The van der Waals surface area contributed by atoms with Gasteiger partial charge in [0.05, 0.1) is 5.39 Å². The van der Waals surface area contributed by atoms with Crippen molar-refractivity contribution in [2.75, 3.05) is 5.32 Å². The first-order chi connectivity index (χ1) is 11.3. The summed E-state index contributed by atoms with van der Waals surface area (Å²) in [5.74, 6) is -0.775. The molecule has 0 fully saturated rings. The minimum Gasteiger partial charge on any atom is -0.324 e. The lowest BCUT2D eigenvalue weighted by Crippen LogP contribution is -2.24. The van der Waals surface area contributed by atoms with Crippen LogP contribution < -0.4 is 10.9 Å². The molecule has 0 aliphatic rings. The zero-order valence-corrected chi connectivity index (χ0v) is 14.3. The zero-order valence-electron chi connectivity index (χ0n) is 13.5. The van der Waals surface area contributed by atoms with Crippen molar-refractivity contribution in [1.29, 1.82) is 0 Å². The third kappa shape index (κ3) is 3.07. The van der Waals surface area contributed by atoms with Crippen molar-refractivity contribution < 1.29 is 9.18 Å². The minimum absolute atomic E-state index is 0.131. The maximum absolute atomic E-state index is 13.5. The van der Waals surface area contributed by atoms with E-state index in [2.05, 4.69) is 10.3 Å². The van der Waals surface area contributed by atoms with Crippen LogP contribution in [0.2, 0.25) is 0 Å². The van der Waals surface area contributed by atoms with Crippen LogP contribution in [0.5, 0.6) is 0 Å². The van der Waals surface area contributed by atoms with Gasteiger partial charge in [-0.3, -0.25) is 13.5 Å². The van der Waals surface area contributed by atoms with Crippen molar-refractivity contribution >= 4 is 33.3 Å². The molecule has 124 valence electrons. The first kappa shape index (κ1) is 16.3. The predicted molar refractivity (Wildman–Crippen MR) is 93.1 cm³/mol. The standard InChI is InChI=1S/C17H16FN3O2S/c1-9-4-5-12(7-13(9)18)20-14(22)8-21-17(23)15-10(2)6-11(3)19-16(15)24-21/h4-7H,8H2,1-3H3,(H,20,22). The van der Waals surface area contributed by atoms with Crippen LogP contribution in [0, 0.1) is 26.6 Å². The fourth-order valence-electron chi connectivity index (χ4n) is 2.50. The smallest absolute Gasteiger partial charge is 0.270 e. The van der Waals surface area contributed by atoms with Gasteiger partial charge in [0.1, 0.15) is 17.2 Å². The van der Waals surface area contributed by atoms with E-state index in [0.29, 0.717) is 21.5 Å². The number of aromatic nitrogens is 2. The number of hydrogen-bond acceptors (Lipinski definition) is 4. The molecular formula is C17H16FN3O2S. The number of nitrogens with zero attached hydrogens (tertiary/aromatic N) is 2. The second-order valence-electron chi connectivity index (χ2n) is 5.71. The topological polar surface area (TPSA) is 64.0 Å². The lowest BCUT2D eigenvalue weighted by molar-refractivity contribution is -0.116. The SMILES string of the molecule is Cc1cc(C)c2c(=O)n(CC(=O)Nc3ccc(C)c(F)c3)sc2n1. The predicted octanol–water partition coefficient (Wildman–Crippen LogP) is 3.16. The Hall–Kier alpha value is -2.54. The van der Waals surface area contributed by atoms with Gasteiger partial charge < -0.3 is 5.32 Å². The van der Waals surface area contributed by atoms with Gasteiger partial charge >= 0.3 is 0 Å². The molecule has 0 atom stereocenters. The Morgan fingerprint density at radius 2 is 2.00 bits per heavy atom. The van der Waals surface area contributed by atoms with Crippen LogP contribution in [0.25, 0.3) is 10.2 Å². The van der Waals surface area contributed by atoms with Crippen LogP contribution in [0.4, 0.5) is 10.1 Å². The van der Waals surface area contributed by atoms with Crippen LogP contribution in [-0.2, 0) is 11.3 Å². The normalized spacial score (nSPS) is 11.0. The maximum atomic E-state index is 13.5. The average Bonchev–Trinajstić information content (AvgIpc) is 2.79.